The van der Waals surface area contributed by atoms with E-state index in [-0.39, 0.29) is 0 Å². The molecule has 0 saturated carbocycles. The first-order valence-corrected chi connectivity index (χ1v) is 8.93. The summed E-state index contributed by atoms with van der Waals surface area (Å²) in [4.78, 5) is 11.1. The maximum absolute atomic E-state index is 14.6. The lowest BCUT2D eigenvalue weighted by atomic mass is 9.85. The van der Waals surface area contributed by atoms with E-state index < -0.39 is 68.6 Å². The van der Waals surface area contributed by atoms with Gasteiger partial charge in [-0.3, -0.25) is 4.79 Å². The molecule has 0 aromatic rings. The Hall–Kier alpha value is -1.63. The van der Waals surface area contributed by atoms with Crippen LogP contribution in [0.15, 0.2) is 0 Å². The zero-order chi connectivity index (χ0) is 27.5. The second kappa shape index (κ2) is 7.96. The van der Waals surface area contributed by atoms with Crippen LogP contribution in [0.4, 0.5) is 69.2 Å². The summed E-state index contributed by atoms with van der Waals surface area (Å²) in [6, 6.07) is 0. The standard InChI is InChI=1S/C8F16O7S2/c9-2(10,6(14,15)16)1(25)3(11,30-32(23,26)27)5(13,31-33(24,28)29)4(12,7(17,18)19)8(20,21)22. The summed E-state index contributed by atoms with van der Waals surface area (Å²) in [5, 5.41) is 0. The first kappa shape index (κ1) is 31.4. The van der Waals surface area contributed by atoms with Gasteiger partial charge in [-0.2, -0.15) is 82.3 Å². The molecular weight excluding hydrogens is 576 g/mol. The third-order valence-corrected chi connectivity index (χ3v) is 3.86. The van der Waals surface area contributed by atoms with Crippen LogP contribution in [-0.4, -0.2) is 64.4 Å². The fourth-order valence-corrected chi connectivity index (χ4v) is 2.65. The van der Waals surface area contributed by atoms with Crippen LogP contribution in [0, 0.1) is 0 Å². The molecule has 7 nitrogen and oxygen atoms in total. The molecule has 0 radical (unpaired) electrons. The molecule has 25 heteroatoms. The topological polar surface area (TPSA) is 104 Å². The zero-order valence-corrected chi connectivity index (χ0v) is 15.4. The lowest BCUT2D eigenvalue weighted by Crippen LogP contribution is -2.78. The van der Waals surface area contributed by atoms with E-state index >= 15 is 0 Å². The molecule has 2 atom stereocenters. The van der Waals surface area contributed by atoms with Crippen molar-refractivity contribution in [1.82, 2.24) is 0 Å². The summed E-state index contributed by atoms with van der Waals surface area (Å²) in [6.45, 7) is 0. The summed E-state index contributed by atoms with van der Waals surface area (Å²) in [6.07, 6.45) is -24.5. The Balaban J connectivity index is 8.04. The van der Waals surface area contributed by atoms with Crippen LogP contribution in [-0.2, 0) is 34.2 Å². The first-order valence-electron chi connectivity index (χ1n) is 6.32. The normalized spacial score (nSPS) is 19.0. The molecule has 0 rings (SSSR count). The van der Waals surface area contributed by atoms with Gasteiger partial charge in [0.1, 0.15) is 0 Å². The Kier molecular flexibility index (Phi) is 7.57. The van der Waals surface area contributed by atoms with E-state index in [1.807, 2.05) is 0 Å². The first-order chi connectivity index (χ1) is 13.8. The van der Waals surface area contributed by atoms with Crippen molar-refractivity contribution >= 4 is 26.8 Å². The number of halogens is 16. The Morgan fingerprint density at radius 2 is 0.848 bits per heavy atom. The summed E-state index contributed by atoms with van der Waals surface area (Å²) in [5.74, 6) is -30.5. The van der Waals surface area contributed by atoms with E-state index in [9.17, 15) is 90.9 Å². The molecule has 0 spiro atoms. The highest BCUT2D eigenvalue weighted by Crippen LogP contribution is 2.61. The van der Waals surface area contributed by atoms with Gasteiger partial charge in [0.2, 0.25) is 0 Å². The van der Waals surface area contributed by atoms with Crippen LogP contribution in [0.3, 0.4) is 0 Å². The second-order valence-corrected chi connectivity index (χ2v) is 7.10. The molecule has 0 aromatic heterocycles. The van der Waals surface area contributed by atoms with Crippen molar-refractivity contribution in [3.63, 3.8) is 0 Å². The molecule has 0 fully saturated rings. The number of hydrogen-bond donors (Lipinski definition) is 0. The second-order valence-electron chi connectivity index (χ2n) is 5.20. The SMILES string of the molecule is O=C(C(F)(F)C(F)(F)F)C(F)(OS(=O)(=O)F)C(F)(OS(=O)(=O)F)C(F)(C(F)(F)F)C(F)(F)F. The average molecular weight is 576 g/mol. The van der Waals surface area contributed by atoms with Crippen molar-refractivity contribution < 1.29 is 99.2 Å². The van der Waals surface area contributed by atoms with Gasteiger partial charge in [0, 0.05) is 0 Å². The fraction of sp³-hybridized carbons (Fsp3) is 0.875. The van der Waals surface area contributed by atoms with Crippen LogP contribution < -0.4 is 0 Å². The number of rotatable bonds is 8. The molecule has 2 unspecified atom stereocenters. The number of hydrogen-bond acceptors (Lipinski definition) is 7. The largest absolute Gasteiger partial charge is 0.461 e. The molecule has 0 aliphatic carbocycles. The number of carbonyl (C=O) groups is 1. The highest BCUT2D eigenvalue weighted by molar-refractivity contribution is 7.81. The van der Waals surface area contributed by atoms with E-state index in [4.69, 9.17) is 0 Å². The molecule has 0 heterocycles. The molecular formula is C8F16O7S2. The van der Waals surface area contributed by atoms with Gasteiger partial charge in [-0.25, -0.2) is 4.39 Å². The van der Waals surface area contributed by atoms with Crippen LogP contribution in [0.25, 0.3) is 0 Å². The van der Waals surface area contributed by atoms with Gasteiger partial charge in [0.15, 0.2) is 0 Å². The monoisotopic (exact) mass is 576 g/mol. The number of ketones is 1. The van der Waals surface area contributed by atoms with Crippen molar-refractivity contribution in [2.24, 2.45) is 0 Å². The van der Waals surface area contributed by atoms with Gasteiger partial charge in [-0.15, -0.1) is 0 Å². The van der Waals surface area contributed by atoms with Crippen molar-refractivity contribution in [3.05, 3.63) is 0 Å². The maximum Gasteiger partial charge on any atom is 0.461 e. The predicted octanol–water partition coefficient (Wildman–Crippen LogP) is 3.38. The third kappa shape index (κ3) is 5.39. The van der Waals surface area contributed by atoms with E-state index in [0.29, 0.717) is 0 Å². The Morgan fingerprint density at radius 3 is 1.06 bits per heavy atom. The van der Waals surface area contributed by atoms with E-state index in [1.54, 1.807) is 4.18 Å². The van der Waals surface area contributed by atoms with Crippen LogP contribution >= 0.6 is 0 Å². The molecule has 0 amide bonds. The summed E-state index contributed by atoms with van der Waals surface area (Å²) < 4.78 is 251. The lowest BCUT2D eigenvalue weighted by Gasteiger charge is -2.44. The van der Waals surface area contributed by atoms with Crippen molar-refractivity contribution in [1.29, 1.82) is 0 Å². The summed E-state index contributed by atoms with van der Waals surface area (Å²) in [7, 11) is -16.2. The van der Waals surface area contributed by atoms with Crippen molar-refractivity contribution in [2.45, 2.75) is 41.8 Å². The quantitative estimate of drug-likeness (QED) is 0.323. The summed E-state index contributed by atoms with van der Waals surface area (Å²) in [5.41, 5.74) is -8.75. The molecule has 33 heavy (non-hydrogen) atoms. The highest BCUT2D eigenvalue weighted by atomic mass is 32.3. The van der Waals surface area contributed by atoms with E-state index in [2.05, 4.69) is 0 Å². The van der Waals surface area contributed by atoms with Crippen LogP contribution in [0.5, 0.6) is 0 Å². The molecule has 0 bridgehead atoms. The Morgan fingerprint density at radius 1 is 0.545 bits per heavy atom. The Labute approximate surface area is 169 Å². The lowest BCUT2D eigenvalue weighted by molar-refractivity contribution is -0.436. The van der Waals surface area contributed by atoms with Crippen LogP contribution in [0.2, 0.25) is 0 Å². The van der Waals surface area contributed by atoms with Gasteiger partial charge in [0.05, 0.1) is 0 Å². The third-order valence-electron chi connectivity index (χ3n) is 3.00. The van der Waals surface area contributed by atoms with Gasteiger partial charge in [-0.1, -0.05) is 7.77 Å². The molecule has 0 saturated heterocycles. The molecule has 0 aliphatic heterocycles. The average Bonchev–Trinajstić information content (AvgIpc) is 2.45. The van der Waals surface area contributed by atoms with Gasteiger partial charge in [0.25, 0.3) is 5.78 Å². The minimum atomic E-state index is -8.75. The van der Waals surface area contributed by atoms with Crippen molar-refractivity contribution in [2.75, 3.05) is 0 Å². The molecule has 198 valence electrons. The van der Waals surface area contributed by atoms with Crippen LogP contribution in [0.1, 0.15) is 0 Å². The molecule has 0 aromatic carbocycles. The maximum atomic E-state index is 14.6. The minimum absolute atomic E-state index is 1.45. The smallest absolute Gasteiger partial charge is 0.286 e. The van der Waals surface area contributed by atoms with Gasteiger partial charge >= 0.3 is 62.8 Å². The molecule has 0 aliphatic rings. The van der Waals surface area contributed by atoms with Gasteiger partial charge < -0.3 is 0 Å². The zero-order valence-electron chi connectivity index (χ0n) is 13.7. The minimum Gasteiger partial charge on any atom is -0.286 e. The van der Waals surface area contributed by atoms with E-state index in [1.165, 1.54) is 4.18 Å². The number of Topliss-reactive ketones (excluding diaryl/α,β-unsaturated/α-hetero) is 1. The summed E-state index contributed by atoms with van der Waals surface area (Å²) >= 11 is 0. The number of alkyl halides is 14. The highest BCUT2D eigenvalue weighted by Gasteiger charge is 2.94. The van der Waals surface area contributed by atoms with E-state index in [0.717, 1.165) is 0 Å². The van der Waals surface area contributed by atoms with Gasteiger partial charge in [-0.05, 0) is 0 Å². The Bertz CT molecular complexity index is 964. The van der Waals surface area contributed by atoms with Crippen molar-refractivity contribution in [3.8, 4) is 0 Å². The predicted molar refractivity (Wildman–Crippen MR) is 61.9 cm³/mol. The molecule has 0 N–H and O–H groups in total. The fourth-order valence-electron chi connectivity index (χ4n) is 1.70. The number of carbonyl (C=O) groups excluding carboxylic acids is 1.